The van der Waals surface area contributed by atoms with Gasteiger partial charge in [0, 0.05) is 16.3 Å². The van der Waals surface area contributed by atoms with Crippen molar-refractivity contribution in [1.29, 1.82) is 0 Å². The highest BCUT2D eigenvalue weighted by Crippen LogP contribution is 2.35. The predicted octanol–water partition coefficient (Wildman–Crippen LogP) is 4.82. The number of hydrogen-bond acceptors (Lipinski definition) is 1. The quantitative estimate of drug-likeness (QED) is 0.730. The molecule has 2 N–H and O–H groups in total. The van der Waals surface area contributed by atoms with Crippen molar-refractivity contribution < 1.29 is 0 Å². The van der Waals surface area contributed by atoms with Crippen LogP contribution >= 0.6 is 11.6 Å². The summed E-state index contributed by atoms with van der Waals surface area (Å²) < 4.78 is 0. The Labute approximate surface area is 114 Å². The SMILES string of the molecule is Cc1cc(C)c(C)c(-c2ccc(Cl)cc2N)c1C. The van der Waals surface area contributed by atoms with E-state index in [1.165, 1.54) is 27.8 Å². The summed E-state index contributed by atoms with van der Waals surface area (Å²) in [5.74, 6) is 0. The van der Waals surface area contributed by atoms with Crippen LogP contribution in [0.4, 0.5) is 5.69 Å². The van der Waals surface area contributed by atoms with Gasteiger partial charge in [-0.05, 0) is 67.6 Å². The predicted molar refractivity (Wildman–Crippen MR) is 80.2 cm³/mol. The largest absolute Gasteiger partial charge is 0.398 e. The van der Waals surface area contributed by atoms with Crippen LogP contribution in [0.3, 0.4) is 0 Å². The van der Waals surface area contributed by atoms with Gasteiger partial charge in [-0.2, -0.15) is 0 Å². The lowest BCUT2D eigenvalue weighted by Crippen LogP contribution is -1.98. The fraction of sp³-hybridized carbons (Fsp3) is 0.250. The van der Waals surface area contributed by atoms with Gasteiger partial charge >= 0.3 is 0 Å². The minimum absolute atomic E-state index is 0.677. The average molecular weight is 260 g/mol. The maximum atomic E-state index is 6.11. The molecule has 0 saturated carbocycles. The molecule has 0 heterocycles. The van der Waals surface area contributed by atoms with Gasteiger partial charge in [0.15, 0.2) is 0 Å². The van der Waals surface area contributed by atoms with Crippen LogP contribution < -0.4 is 5.73 Å². The van der Waals surface area contributed by atoms with Gasteiger partial charge in [-0.1, -0.05) is 23.7 Å². The number of rotatable bonds is 1. The third-order valence-electron chi connectivity index (χ3n) is 3.65. The van der Waals surface area contributed by atoms with Gasteiger partial charge in [-0.15, -0.1) is 0 Å². The van der Waals surface area contributed by atoms with Crippen LogP contribution in [0, 0.1) is 27.7 Å². The van der Waals surface area contributed by atoms with Crippen LogP contribution in [0.5, 0.6) is 0 Å². The van der Waals surface area contributed by atoms with Gasteiger partial charge in [0.05, 0.1) is 0 Å². The Bertz CT molecular complexity index is 589. The number of nitrogens with two attached hydrogens (primary N) is 1. The van der Waals surface area contributed by atoms with Crippen LogP contribution in [0.2, 0.25) is 5.02 Å². The molecule has 0 aliphatic heterocycles. The maximum Gasteiger partial charge on any atom is 0.0426 e. The zero-order chi connectivity index (χ0) is 13.4. The zero-order valence-corrected chi connectivity index (χ0v) is 12.0. The molecule has 1 nitrogen and oxygen atoms in total. The fourth-order valence-corrected chi connectivity index (χ4v) is 2.56. The van der Waals surface area contributed by atoms with Crippen molar-refractivity contribution in [1.82, 2.24) is 0 Å². The van der Waals surface area contributed by atoms with E-state index < -0.39 is 0 Å². The number of halogens is 1. The van der Waals surface area contributed by atoms with Gasteiger partial charge in [0.2, 0.25) is 0 Å². The third kappa shape index (κ3) is 2.11. The highest BCUT2D eigenvalue weighted by molar-refractivity contribution is 6.31. The van der Waals surface area contributed by atoms with E-state index in [1.54, 1.807) is 0 Å². The normalized spacial score (nSPS) is 10.7. The number of aryl methyl sites for hydroxylation is 2. The molecule has 2 aromatic carbocycles. The topological polar surface area (TPSA) is 26.0 Å². The molecular formula is C16H18ClN. The molecule has 0 unspecified atom stereocenters. The number of anilines is 1. The van der Waals surface area contributed by atoms with Crippen molar-refractivity contribution in [2.24, 2.45) is 0 Å². The molecule has 0 atom stereocenters. The number of nitrogen functional groups attached to an aromatic ring is 1. The van der Waals surface area contributed by atoms with E-state index in [1.807, 2.05) is 18.2 Å². The minimum atomic E-state index is 0.677. The molecule has 0 aromatic heterocycles. The van der Waals surface area contributed by atoms with E-state index in [0.29, 0.717) is 5.02 Å². The average Bonchev–Trinajstić information content (AvgIpc) is 2.29. The smallest absolute Gasteiger partial charge is 0.0426 e. The second-order valence-corrected chi connectivity index (χ2v) is 5.30. The van der Waals surface area contributed by atoms with E-state index in [4.69, 9.17) is 17.3 Å². The summed E-state index contributed by atoms with van der Waals surface area (Å²) in [7, 11) is 0. The summed E-state index contributed by atoms with van der Waals surface area (Å²) in [6.45, 7) is 8.56. The molecular weight excluding hydrogens is 242 g/mol. The van der Waals surface area contributed by atoms with Crippen molar-refractivity contribution in [2.75, 3.05) is 5.73 Å². The van der Waals surface area contributed by atoms with Crippen LogP contribution in [-0.2, 0) is 0 Å². The van der Waals surface area contributed by atoms with Gasteiger partial charge in [-0.25, -0.2) is 0 Å². The summed E-state index contributed by atoms with van der Waals surface area (Å²) in [5.41, 5.74) is 14.3. The van der Waals surface area contributed by atoms with Gasteiger partial charge in [0.1, 0.15) is 0 Å². The molecule has 2 rings (SSSR count). The lowest BCUT2D eigenvalue weighted by atomic mass is 9.89. The summed E-state index contributed by atoms with van der Waals surface area (Å²) >= 11 is 5.97. The van der Waals surface area contributed by atoms with Crippen LogP contribution in [0.25, 0.3) is 11.1 Å². The Morgan fingerprint density at radius 3 is 1.94 bits per heavy atom. The van der Waals surface area contributed by atoms with Crippen molar-refractivity contribution in [3.63, 3.8) is 0 Å². The number of hydrogen-bond donors (Lipinski definition) is 1. The van der Waals surface area contributed by atoms with Gasteiger partial charge < -0.3 is 5.73 Å². The van der Waals surface area contributed by atoms with E-state index in [2.05, 4.69) is 33.8 Å². The Kier molecular flexibility index (Phi) is 3.36. The minimum Gasteiger partial charge on any atom is -0.398 e. The lowest BCUT2D eigenvalue weighted by molar-refractivity contribution is 1.24. The van der Waals surface area contributed by atoms with E-state index in [-0.39, 0.29) is 0 Å². The molecule has 0 bridgehead atoms. The molecule has 0 radical (unpaired) electrons. The van der Waals surface area contributed by atoms with Gasteiger partial charge in [-0.3, -0.25) is 0 Å². The fourth-order valence-electron chi connectivity index (χ4n) is 2.38. The monoisotopic (exact) mass is 259 g/mol. The molecule has 2 heteroatoms. The summed E-state index contributed by atoms with van der Waals surface area (Å²) in [5, 5.41) is 0.677. The summed E-state index contributed by atoms with van der Waals surface area (Å²) in [6, 6.07) is 7.93. The Morgan fingerprint density at radius 1 is 0.889 bits per heavy atom. The van der Waals surface area contributed by atoms with E-state index >= 15 is 0 Å². The Hall–Kier alpha value is -1.47. The first-order valence-electron chi connectivity index (χ1n) is 6.04. The molecule has 0 aliphatic carbocycles. The second kappa shape index (κ2) is 4.66. The molecule has 2 aromatic rings. The van der Waals surface area contributed by atoms with Crippen LogP contribution in [-0.4, -0.2) is 0 Å². The molecule has 0 spiro atoms. The number of benzene rings is 2. The molecule has 0 saturated heterocycles. The standard InChI is InChI=1S/C16H18ClN/c1-9-7-10(2)12(4)16(11(9)3)14-6-5-13(17)8-15(14)18/h5-8H,18H2,1-4H3. The molecule has 0 aliphatic rings. The first kappa shape index (κ1) is 13.0. The first-order valence-corrected chi connectivity index (χ1v) is 6.42. The Morgan fingerprint density at radius 2 is 1.44 bits per heavy atom. The molecule has 0 amide bonds. The van der Waals surface area contributed by atoms with Crippen LogP contribution in [0.1, 0.15) is 22.3 Å². The summed E-state index contributed by atoms with van der Waals surface area (Å²) in [4.78, 5) is 0. The second-order valence-electron chi connectivity index (χ2n) is 4.87. The molecule has 18 heavy (non-hydrogen) atoms. The third-order valence-corrected chi connectivity index (χ3v) is 3.88. The maximum absolute atomic E-state index is 6.11. The van der Waals surface area contributed by atoms with Crippen molar-refractivity contribution in [3.05, 3.63) is 51.5 Å². The highest BCUT2D eigenvalue weighted by Gasteiger charge is 2.12. The highest BCUT2D eigenvalue weighted by atomic mass is 35.5. The van der Waals surface area contributed by atoms with E-state index in [0.717, 1.165) is 11.3 Å². The van der Waals surface area contributed by atoms with Gasteiger partial charge in [0.25, 0.3) is 0 Å². The van der Waals surface area contributed by atoms with Crippen LogP contribution in [0.15, 0.2) is 24.3 Å². The summed E-state index contributed by atoms with van der Waals surface area (Å²) in [6.07, 6.45) is 0. The van der Waals surface area contributed by atoms with Crippen molar-refractivity contribution in [3.8, 4) is 11.1 Å². The molecule has 0 fully saturated rings. The Balaban J connectivity index is 2.78. The molecule has 94 valence electrons. The van der Waals surface area contributed by atoms with Crippen molar-refractivity contribution in [2.45, 2.75) is 27.7 Å². The first-order chi connectivity index (χ1) is 8.41. The van der Waals surface area contributed by atoms with Crippen molar-refractivity contribution >= 4 is 17.3 Å². The zero-order valence-electron chi connectivity index (χ0n) is 11.3. The lowest BCUT2D eigenvalue weighted by Gasteiger charge is -2.17. The van der Waals surface area contributed by atoms with E-state index in [9.17, 15) is 0 Å².